The third-order valence-electron chi connectivity index (χ3n) is 2.94. The first-order valence-corrected chi connectivity index (χ1v) is 5.79. The van der Waals surface area contributed by atoms with E-state index in [4.69, 9.17) is 0 Å². The van der Waals surface area contributed by atoms with Crippen molar-refractivity contribution in [3.8, 4) is 0 Å². The highest BCUT2D eigenvalue weighted by atomic mass is 16.1. The van der Waals surface area contributed by atoms with Crippen LogP contribution in [0.5, 0.6) is 0 Å². The van der Waals surface area contributed by atoms with Crippen molar-refractivity contribution >= 4 is 11.6 Å². The molecular weight excluding hydrogens is 200 g/mol. The first-order chi connectivity index (χ1) is 7.63. The minimum atomic E-state index is 0.0306. The van der Waals surface area contributed by atoms with Crippen molar-refractivity contribution in [2.75, 3.05) is 11.9 Å². The van der Waals surface area contributed by atoms with Crippen LogP contribution in [0.1, 0.15) is 37.0 Å². The van der Waals surface area contributed by atoms with Gasteiger partial charge in [0.1, 0.15) is 0 Å². The summed E-state index contributed by atoms with van der Waals surface area (Å²) in [5.41, 5.74) is 1.84. The predicted molar refractivity (Wildman–Crippen MR) is 65.7 cm³/mol. The molecule has 1 aliphatic carbocycles. The number of carbonyl (C=O) groups excluding carboxylic acids is 1. The molecule has 0 heterocycles. The molecule has 16 heavy (non-hydrogen) atoms. The first-order valence-electron chi connectivity index (χ1n) is 5.79. The first kappa shape index (κ1) is 11.0. The van der Waals surface area contributed by atoms with Gasteiger partial charge in [-0.05, 0) is 51.0 Å². The zero-order valence-corrected chi connectivity index (χ0v) is 9.84. The van der Waals surface area contributed by atoms with E-state index in [0.717, 1.165) is 30.6 Å². The van der Waals surface area contributed by atoms with E-state index < -0.39 is 0 Å². The fraction of sp³-hybridized carbons (Fsp3) is 0.462. The van der Waals surface area contributed by atoms with E-state index in [1.807, 2.05) is 24.3 Å². The number of amides is 1. The van der Waals surface area contributed by atoms with Crippen LogP contribution in [0.3, 0.4) is 0 Å². The van der Waals surface area contributed by atoms with Crippen molar-refractivity contribution in [2.24, 2.45) is 0 Å². The molecule has 0 aromatic heterocycles. The van der Waals surface area contributed by atoms with Crippen molar-refractivity contribution in [3.63, 3.8) is 0 Å². The van der Waals surface area contributed by atoms with Crippen molar-refractivity contribution in [1.82, 2.24) is 5.32 Å². The lowest BCUT2D eigenvalue weighted by molar-refractivity contribution is 0.0935. The van der Waals surface area contributed by atoms with Crippen LogP contribution in [0, 0.1) is 0 Å². The van der Waals surface area contributed by atoms with Crippen molar-refractivity contribution < 1.29 is 4.79 Å². The molecule has 1 saturated carbocycles. The second-order valence-corrected chi connectivity index (χ2v) is 4.62. The van der Waals surface area contributed by atoms with E-state index in [0.29, 0.717) is 0 Å². The van der Waals surface area contributed by atoms with Crippen LogP contribution < -0.4 is 10.6 Å². The largest absolute Gasteiger partial charge is 0.385 e. The standard InChI is InChI=1S/C13H18N2O/c1-3-14-11-6-4-10(5-7-11)12(16)15-13(2)8-9-13/h4-7,14H,3,8-9H2,1-2H3,(H,15,16). The number of benzene rings is 1. The van der Waals surface area contributed by atoms with Gasteiger partial charge >= 0.3 is 0 Å². The summed E-state index contributed by atoms with van der Waals surface area (Å²) in [6.45, 7) is 5.02. The Hall–Kier alpha value is -1.51. The highest BCUT2D eigenvalue weighted by Crippen LogP contribution is 2.34. The lowest BCUT2D eigenvalue weighted by Gasteiger charge is -2.11. The van der Waals surface area contributed by atoms with Gasteiger partial charge in [0.25, 0.3) is 5.91 Å². The molecule has 0 bridgehead atoms. The fourth-order valence-corrected chi connectivity index (χ4v) is 1.60. The maximum absolute atomic E-state index is 11.8. The number of anilines is 1. The Bertz CT molecular complexity index is 379. The van der Waals surface area contributed by atoms with Crippen LogP contribution in [-0.2, 0) is 0 Å². The molecule has 0 unspecified atom stereocenters. The molecule has 0 radical (unpaired) electrons. The molecule has 0 spiro atoms. The van der Waals surface area contributed by atoms with Gasteiger partial charge in [0.2, 0.25) is 0 Å². The Labute approximate surface area is 96.2 Å². The van der Waals surface area contributed by atoms with E-state index in [9.17, 15) is 4.79 Å². The van der Waals surface area contributed by atoms with Crippen LogP contribution in [0.4, 0.5) is 5.69 Å². The topological polar surface area (TPSA) is 41.1 Å². The Morgan fingerprint density at radius 1 is 1.31 bits per heavy atom. The Balaban J connectivity index is 2.00. The number of hydrogen-bond donors (Lipinski definition) is 2. The molecule has 2 N–H and O–H groups in total. The predicted octanol–water partition coefficient (Wildman–Crippen LogP) is 2.40. The van der Waals surface area contributed by atoms with Gasteiger partial charge in [0.15, 0.2) is 0 Å². The molecular formula is C13H18N2O. The molecule has 0 saturated heterocycles. The maximum Gasteiger partial charge on any atom is 0.251 e. The molecule has 1 aliphatic rings. The number of nitrogens with one attached hydrogen (secondary N) is 2. The summed E-state index contributed by atoms with van der Waals surface area (Å²) in [6, 6.07) is 7.60. The third kappa shape index (κ3) is 2.54. The van der Waals surface area contributed by atoms with Crippen LogP contribution in [0.15, 0.2) is 24.3 Å². The zero-order chi connectivity index (χ0) is 11.6. The monoisotopic (exact) mass is 218 g/mol. The van der Waals surface area contributed by atoms with Crippen LogP contribution in [0.2, 0.25) is 0 Å². The van der Waals surface area contributed by atoms with Crippen LogP contribution in [-0.4, -0.2) is 18.0 Å². The van der Waals surface area contributed by atoms with Gasteiger partial charge in [-0.2, -0.15) is 0 Å². The SMILES string of the molecule is CCNc1ccc(C(=O)NC2(C)CC2)cc1. The number of carbonyl (C=O) groups is 1. The van der Waals surface area contributed by atoms with Crippen molar-refractivity contribution in [2.45, 2.75) is 32.2 Å². The minimum absolute atomic E-state index is 0.0306. The third-order valence-corrected chi connectivity index (χ3v) is 2.94. The van der Waals surface area contributed by atoms with Gasteiger partial charge in [-0.25, -0.2) is 0 Å². The van der Waals surface area contributed by atoms with E-state index in [1.165, 1.54) is 0 Å². The summed E-state index contributed by atoms with van der Waals surface area (Å²) in [5, 5.41) is 6.24. The van der Waals surface area contributed by atoms with Crippen LogP contribution >= 0.6 is 0 Å². The highest BCUT2D eigenvalue weighted by molar-refractivity contribution is 5.95. The van der Waals surface area contributed by atoms with Crippen molar-refractivity contribution in [3.05, 3.63) is 29.8 Å². The lowest BCUT2D eigenvalue weighted by atomic mass is 10.1. The fourth-order valence-electron chi connectivity index (χ4n) is 1.60. The molecule has 0 aliphatic heterocycles. The smallest absolute Gasteiger partial charge is 0.251 e. The van der Waals surface area contributed by atoms with Gasteiger partial charge in [-0.1, -0.05) is 0 Å². The summed E-state index contributed by atoms with van der Waals surface area (Å²) in [7, 11) is 0. The molecule has 86 valence electrons. The van der Waals surface area contributed by atoms with E-state index in [-0.39, 0.29) is 11.4 Å². The molecule has 2 rings (SSSR count). The summed E-state index contributed by atoms with van der Waals surface area (Å²) in [5.74, 6) is 0.0306. The Morgan fingerprint density at radius 2 is 1.94 bits per heavy atom. The quantitative estimate of drug-likeness (QED) is 0.814. The molecule has 0 atom stereocenters. The number of hydrogen-bond acceptors (Lipinski definition) is 2. The molecule has 1 aromatic rings. The molecule has 3 nitrogen and oxygen atoms in total. The summed E-state index contributed by atoms with van der Waals surface area (Å²) >= 11 is 0. The second-order valence-electron chi connectivity index (χ2n) is 4.62. The summed E-state index contributed by atoms with van der Waals surface area (Å²) < 4.78 is 0. The molecule has 1 fully saturated rings. The number of rotatable bonds is 4. The van der Waals surface area contributed by atoms with E-state index in [2.05, 4.69) is 24.5 Å². The Kier molecular flexibility index (Phi) is 2.86. The molecule has 1 aromatic carbocycles. The minimum Gasteiger partial charge on any atom is -0.385 e. The second kappa shape index (κ2) is 4.16. The molecule has 1 amide bonds. The summed E-state index contributed by atoms with van der Waals surface area (Å²) in [6.07, 6.45) is 2.18. The van der Waals surface area contributed by atoms with E-state index >= 15 is 0 Å². The maximum atomic E-state index is 11.8. The van der Waals surface area contributed by atoms with Gasteiger partial charge in [0.05, 0.1) is 0 Å². The summed E-state index contributed by atoms with van der Waals surface area (Å²) in [4.78, 5) is 11.8. The van der Waals surface area contributed by atoms with Crippen molar-refractivity contribution in [1.29, 1.82) is 0 Å². The zero-order valence-electron chi connectivity index (χ0n) is 9.84. The lowest BCUT2D eigenvalue weighted by Crippen LogP contribution is -2.34. The normalized spacial score (nSPS) is 16.6. The van der Waals surface area contributed by atoms with Gasteiger partial charge < -0.3 is 10.6 Å². The average molecular weight is 218 g/mol. The van der Waals surface area contributed by atoms with Gasteiger partial charge in [-0.15, -0.1) is 0 Å². The van der Waals surface area contributed by atoms with Gasteiger partial charge in [0, 0.05) is 23.3 Å². The average Bonchev–Trinajstić information content (AvgIpc) is 2.97. The van der Waals surface area contributed by atoms with E-state index in [1.54, 1.807) is 0 Å². The van der Waals surface area contributed by atoms with Crippen LogP contribution in [0.25, 0.3) is 0 Å². The van der Waals surface area contributed by atoms with Gasteiger partial charge in [-0.3, -0.25) is 4.79 Å². The molecule has 3 heteroatoms. The highest BCUT2D eigenvalue weighted by Gasteiger charge is 2.38. The Morgan fingerprint density at radius 3 is 2.44 bits per heavy atom.